The van der Waals surface area contributed by atoms with Gasteiger partial charge in [0, 0.05) is 13.1 Å². The fourth-order valence-corrected chi connectivity index (χ4v) is 2.75. The number of aliphatic hydroxyl groups is 1. The fourth-order valence-electron chi connectivity index (χ4n) is 2.75. The first-order valence-corrected chi connectivity index (χ1v) is 6.64. The highest BCUT2D eigenvalue weighted by molar-refractivity contribution is 5.81. The molecule has 2 fully saturated rings. The van der Waals surface area contributed by atoms with Crippen LogP contribution in [-0.4, -0.2) is 59.5 Å². The van der Waals surface area contributed by atoms with Crippen LogP contribution in [0.4, 0.5) is 0 Å². The zero-order chi connectivity index (χ0) is 13.3. The molecule has 2 rings (SSSR count). The van der Waals surface area contributed by atoms with Crippen LogP contribution < -0.4 is 0 Å². The second-order valence-corrected chi connectivity index (χ2v) is 5.91. The highest BCUT2D eigenvalue weighted by atomic mass is 16.5. The molecule has 0 radical (unpaired) electrons. The molecule has 5 nitrogen and oxygen atoms in total. The van der Waals surface area contributed by atoms with E-state index in [1.807, 2.05) is 20.8 Å². The third-order valence-electron chi connectivity index (χ3n) is 3.50. The Morgan fingerprint density at radius 1 is 1.44 bits per heavy atom. The molecule has 1 amide bonds. The summed E-state index contributed by atoms with van der Waals surface area (Å²) in [4.78, 5) is 14.1. The third-order valence-corrected chi connectivity index (χ3v) is 3.50. The Kier molecular flexibility index (Phi) is 3.94. The van der Waals surface area contributed by atoms with Crippen molar-refractivity contribution in [3.05, 3.63) is 0 Å². The molecule has 2 heterocycles. The van der Waals surface area contributed by atoms with E-state index in [2.05, 4.69) is 0 Å². The summed E-state index contributed by atoms with van der Waals surface area (Å²) in [5, 5.41) is 9.24. The van der Waals surface area contributed by atoms with E-state index < -0.39 is 5.60 Å². The summed E-state index contributed by atoms with van der Waals surface area (Å²) in [5.74, 6) is 0.0363. The van der Waals surface area contributed by atoms with Crippen LogP contribution in [0.3, 0.4) is 0 Å². The summed E-state index contributed by atoms with van der Waals surface area (Å²) in [5.41, 5.74) is -0.411. The molecule has 2 aliphatic rings. The van der Waals surface area contributed by atoms with Gasteiger partial charge in [-0.05, 0) is 33.6 Å². The molecular weight excluding hydrogens is 234 g/mol. The van der Waals surface area contributed by atoms with Crippen LogP contribution in [-0.2, 0) is 14.3 Å². The Morgan fingerprint density at radius 2 is 2.17 bits per heavy atom. The van der Waals surface area contributed by atoms with Crippen LogP contribution in [0, 0.1) is 0 Å². The van der Waals surface area contributed by atoms with Crippen molar-refractivity contribution < 1.29 is 19.4 Å². The van der Waals surface area contributed by atoms with E-state index in [1.165, 1.54) is 0 Å². The van der Waals surface area contributed by atoms with Crippen molar-refractivity contribution in [2.24, 2.45) is 0 Å². The Hall–Kier alpha value is -0.650. The van der Waals surface area contributed by atoms with Gasteiger partial charge in [0.1, 0.15) is 6.10 Å². The molecule has 0 aromatic heterocycles. The summed E-state index contributed by atoms with van der Waals surface area (Å²) in [6, 6.07) is 0. The molecule has 0 aromatic rings. The number of nitrogens with zero attached hydrogens (tertiary/aromatic N) is 1. The van der Waals surface area contributed by atoms with Gasteiger partial charge >= 0.3 is 0 Å². The van der Waals surface area contributed by atoms with Crippen LogP contribution >= 0.6 is 0 Å². The molecule has 0 saturated carbocycles. The Bertz CT molecular complexity index is 318. The number of amides is 1. The minimum absolute atomic E-state index is 0.0363. The quantitative estimate of drug-likeness (QED) is 0.785. The van der Waals surface area contributed by atoms with Crippen molar-refractivity contribution in [1.29, 1.82) is 0 Å². The zero-order valence-electron chi connectivity index (χ0n) is 11.4. The largest absolute Gasteiger partial charge is 0.394 e. The summed E-state index contributed by atoms with van der Waals surface area (Å²) in [6.45, 7) is 6.81. The third kappa shape index (κ3) is 3.02. The van der Waals surface area contributed by atoms with Crippen molar-refractivity contribution in [3.8, 4) is 0 Å². The van der Waals surface area contributed by atoms with Gasteiger partial charge in [0.25, 0.3) is 5.91 Å². The highest BCUT2D eigenvalue weighted by Gasteiger charge is 2.39. The standard InChI is InChI=1S/C13H23NO4/c1-9-4-5-11(17-9)12(16)14-6-10(7-15)18-13(2,3)8-14/h9-11,15H,4-8H2,1-3H3. The van der Waals surface area contributed by atoms with Crippen LogP contribution in [0.15, 0.2) is 0 Å². The molecule has 0 bridgehead atoms. The van der Waals surface area contributed by atoms with Gasteiger partial charge in [0.15, 0.2) is 0 Å². The van der Waals surface area contributed by atoms with E-state index in [0.29, 0.717) is 13.1 Å². The maximum atomic E-state index is 12.4. The average Bonchev–Trinajstić information content (AvgIpc) is 2.72. The monoisotopic (exact) mass is 257 g/mol. The smallest absolute Gasteiger partial charge is 0.251 e. The zero-order valence-corrected chi connectivity index (χ0v) is 11.4. The SMILES string of the molecule is CC1CCC(C(=O)N2CC(CO)OC(C)(C)C2)O1. The maximum absolute atomic E-state index is 12.4. The molecule has 18 heavy (non-hydrogen) atoms. The topological polar surface area (TPSA) is 59.0 Å². The molecule has 0 aromatic carbocycles. The van der Waals surface area contributed by atoms with Crippen molar-refractivity contribution >= 4 is 5.91 Å². The predicted octanol–water partition coefficient (Wildman–Crippen LogP) is 0.552. The first-order valence-electron chi connectivity index (χ1n) is 6.64. The van der Waals surface area contributed by atoms with Crippen molar-refractivity contribution in [2.75, 3.05) is 19.7 Å². The van der Waals surface area contributed by atoms with Gasteiger partial charge in [-0.2, -0.15) is 0 Å². The van der Waals surface area contributed by atoms with E-state index in [9.17, 15) is 9.90 Å². The van der Waals surface area contributed by atoms with E-state index in [-0.39, 0.29) is 30.8 Å². The number of ether oxygens (including phenoxy) is 2. The molecule has 2 saturated heterocycles. The van der Waals surface area contributed by atoms with Gasteiger partial charge < -0.3 is 19.5 Å². The summed E-state index contributed by atoms with van der Waals surface area (Å²) in [6.07, 6.45) is 1.29. The van der Waals surface area contributed by atoms with Crippen molar-refractivity contribution in [1.82, 2.24) is 4.90 Å². The predicted molar refractivity (Wildman–Crippen MR) is 66.2 cm³/mol. The van der Waals surface area contributed by atoms with Crippen molar-refractivity contribution in [2.45, 2.75) is 57.5 Å². The molecular formula is C13H23NO4. The number of hydrogen-bond donors (Lipinski definition) is 1. The lowest BCUT2D eigenvalue weighted by atomic mass is 10.0. The van der Waals surface area contributed by atoms with Crippen LogP contribution in [0.5, 0.6) is 0 Å². The van der Waals surface area contributed by atoms with Gasteiger partial charge in [-0.25, -0.2) is 0 Å². The van der Waals surface area contributed by atoms with E-state index >= 15 is 0 Å². The minimum Gasteiger partial charge on any atom is -0.394 e. The van der Waals surface area contributed by atoms with E-state index in [1.54, 1.807) is 4.90 Å². The summed E-state index contributed by atoms with van der Waals surface area (Å²) < 4.78 is 11.3. The lowest BCUT2D eigenvalue weighted by molar-refractivity contribution is -0.174. The Labute approximate surface area is 108 Å². The number of hydrogen-bond acceptors (Lipinski definition) is 4. The first-order chi connectivity index (χ1) is 8.41. The van der Waals surface area contributed by atoms with E-state index in [0.717, 1.165) is 12.8 Å². The number of carbonyl (C=O) groups is 1. The summed E-state index contributed by atoms with van der Waals surface area (Å²) in [7, 11) is 0. The number of rotatable bonds is 2. The van der Waals surface area contributed by atoms with Gasteiger partial charge in [-0.3, -0.25) is 4.79 Å². The van der Waals surface area contributed by atoms with Gasteiger partial charge in [-0.1, -0.05) is 0 Å². The molecule has 2 aliphatic heterocycles. The lowest BCUT2D eigenvalue weighted by Crippen LogP contribution is -2.57. The van der Waals surface area contributed by atoms with Gasteiger partial charge in [0.05, 0.1) is 24.4 Å². The molecule has 3 atom stereocenters. The molecule has 1 N–H and O–H groups in total. The molecule has 3 unspecified atom stereocenters. The van der Waals surface area contributed by atoms with Crippen LogP contribution in [0.1, 0.15) is 33.6 Å². The lowest BCUT2D eigenvalue weighted by Gasteiger charge is -2.42. The maximum Gasteiger partial charge on any atom is 0.251 e. The molecule has 5 heteroatoms. The second-order valence-electron chi connectivity index (χ2n) is 5.91. The summed E-state index contributed by atoms with van der Waals surface area (Å²) >= 11 is 0. The number of aliphatic hydroxyl groups excluding tert-OH is 1. The molecule has 0 spiro atoms. The Balaban J connectivity index is 2.00. The van der Waals surface area contributed by atoms with Gasteiger partial charge in [-0.15, -0.1) is 0 Å². The van der Waals surface area contributed by atoms with E-state index in [4.69, 9.17) is 9.47 Å². The fraction of sp³-hybridized carbons (Fsp3) is 0.923. The highest BCUT2D eigenvalue weighted by Crippen LogP contribution is 2.25. The Morgan fingerprint density at radius 3 is 2.72 bits per heavy atom. The number of morpholine rings is 1. The first kappa shape index (κ1) is 13.8. The molecule has 104 valence electrons. The minimum atomic E-state index is -0.411. The number of carbonyl (C=O) groups excluding carboxylic acids is 1. The second kappa shape index (κ2) is 5.15. The van der Waals surface area contributed by atoms with Gasteiger partial charge in [0.2, 0.25) is 0 Å². The average molecular weight is 257 g/mol. The molecule has 0 aliphatic carbocycles. The normalized spacial score (nSPS) is 35.8. The van der Waals surface area contributed by atoms with Crippen LogP contribution in [0.2, 0.25) is 0 Å². The van der Waals surface area contributed by atoms with Crippen molar-refractivity contribution in [3.63, 3.8) is 0 Å². The van der Waals surface area contributed by atoms with Crippen LogP contribution in [0.25, 0.3) is 0 Å².